The van der Waals surface area contributed by atoms with Crippen LogP contribution in [0.15, 0.2) is 53.0 Å². The van der Waals surface area contributed by atoms with Crippen molar-refractivity contribution in [2.75, 3.05) is 5.32 Å². The van der Waals surface area contributed by atoms with Gasteiger partial charge in [-0.05, 0) is 36.8 Å². The summed E-state index contributed by atoms with van der Waals surface area (Å²) < 4.78 is 19.9. The predicted octanol–water partition coefficient (Wildman–Crippen LogP) is 4.38. The number of benzene rings is 2. The molecule has 0 aliphatic carbocycles. The molecule has 1 amide bonds. The summed E-state index contributed by atoms with van der Waals surface area (Å²) in [6.45, 7) is 1.81. The molecule has 0 saturated carbocycles. The van der Waals surface area contributed by atoms with E-state index in [2.05, 4.69) is 21.2 Å². The largest absolute Gasteiger partial charge is 0.478 e. The predicted molar refractivity (Wildman–Crippen MR) is 83.9 cm³/mol. The molecule has 0 aliphatic rings. The zero-order chi connectivity index (χ0) is 15.2. The van der Waals surface area contributed by atoms with Crippen LogP contribution in [0.4, 0.5) is 10.1 Å². The zero-order valence-corrected chi connectivity index (χ0v) is 13.1. The molecule has 2 aromatic carbocycles. The summed E-state index contributed by atoms with van der Waals surface area (Å²) >= 11 is 3.34. The molecule has 0 aliphatic heterocycles. The molecule has 1 N–H and O–H groups in total. The molecule has 0 heterocycles. The van der Waals surface area contributed by atoms with Crippen molar-refractivity contribution >= 4 is 27.5 Å². The Kier molecular flexibility index (Phi) is 5.33. The van der Waals surface area contributed by atoms with Gasteiger partial charge >= 0.3 is 0 Å². The normalized spacial score (nSPS) is 11.8. The van der Waals surface area contributed by atoms with Crippen molar-refractivity contribution in [3.05, 3.63) is 58.8 Å². The van der Waals surface area contributed by atoms with E-state index in [1.54, 1.807) is 24.3 Å². The van der Waals surface area contributed by atoms with E-state index < -0.39 is 11.9 Å². The summed E-state index contributed by atoms with van der Waals surface area (Å²) in [5.41, 5.74) is 0.657. The number of para-hydroxylation sites is 1. The van der Waals surface area contributed by atoms with Crippen LogP contribution in [-0.4, -0.2) is 12.0 Å². The fourth-order valence-corrected chi connectivity index (χ4v) is 2.20. The standard InChI is InChI=1S/C16H15BrFNO2/c1-2-14(21-15-9-4-3-8-13(15)18)16(20)19-12-7-5-6-11(17)10-12/h3-10,14H,2H2,1H3,(H,19,20)/t14-/m0/s1. The van der Waals surface area contributed by atoms with Gasteiger partial charge in [-0.1, -0.05) is 41.1 Å². The number of hydrogen-bond acceptors (Lipinski definition) is 2. The first-order valence-electron chi connectivity index (χ1n) is 6.57. The van der Waals surface area contributed by atoms with Gasteiger partial charge in [0.1, 0.15) is 0 Å². The monoisotopic (exact) mass is 351 g/mol. The van der Waals surface area contributed by atoms with Gasteiger partial charge < -0.3 is 10.1 Å². The molecule has 1 atom stereocenters. The van der Waals surface area contributed by atoms with Gasteiger partial charge in [0.15, 0.2) is 17.7 Å². The molecule has 21 heavy (non-hydrogen) atoms. The second-order valence-electron chi connectivity index (χ2n) is 4.44. The van der Waals surface area contributed by atoms with E-state index in [-0.39, 0.29) is 11.7 Å². The molecule has 110 valence electrons. The van der Waals surface area contributed by atoms with Gasteiger partial charge in [0.25, 0.3) is 5.91 Å². The molecule has 0 aromatic heterocycles. The lowest BCUT2D eigenvalue weighted by atomic mass is 10.2. The minimum absolute atomic E-state index is 0.0775. The van der Waals surface area contributed by atoms with E-state index in [1.165, 1.54) is 12.1 Å². The number of halogens is 2. The summed E-state index contributed by atoms with van der Waals surface area (Å²) in [6.07, 6.45) is -0.311. The molecule has 0 radical (unpaired) electrons. The van der Waals surface area contributed by atoms with E-state index in [0.717, 1.165) is 4.47 Å². The fraction of sp³-hybridized carbons (Fsp3) is 0.188. The number of amides is 1. The van der Waals surface area contributed by atoms with E-state index in [4.69, 9.17) is 4.74 Å². The third-order valence-electron chi connectivity index (χ3n) is 2.86. The number of rotatable bonds is 5. The molecule has 0 spiro atoms. The van der Waals surface area contributed by atoms with Crippen LogP contribution in [0.1, 0.15) is 13.3 Å². The molecule has 0 saturated heterocycles. The molecule has 2 aromatic rings. The summed E-state index contributed by atoms with van der Waals surface area (Å²) in [6, 6.07) is 13.3. The Hall–Kier alpha value is -1.88. The van der Waals surface area contributed by atoms with Gasteiger partial charge in [-0.25, -0.2) is 4.39 Å². The average molecular weight is 352 g/mol. The van der Waals surface area contributed by atoms with Gasteiger partial charge in [-0.3, -0.25) is 4.79 Å². The molecule has 5 heteroatoms. The highest BCUT2D eigenvalue weighted by Gasteiger charge is 2.19. The lowest BCUT2D eigenvalue weighted by Crippen LogP contribution is -2.32. The van der Waals surface area contributed by atoms with Crippen LogP contribution >= 0.6 is 15.9 Å². The number of hydrogen-bond donors (Lipinski definition) is 1. The number of nitrogens with one attached hydrogen (secondary N) is 1. The van der Waals surface area contributed by atoms with Crippen molar-refractivity contribution < 1.29 is 13.9 Å². The van der Waals surface area contributed by atoms with E-state index in [1.807, 2.05) is 19.1 Å². The third kappa shape index (κ3) is 4.29. The molecule has 2 rings (SSSR count). The minimum atomic E-state index is -0.749. The Morgan fingerprint density at radius 1 is 1.29 bits per heavy atom. The second-order valence-corrected chi connectivity index (χ2v) is 5.36. The fourth-order valence-electron chi connectivity index (χ4n) is 1.80. The van der Waals surface area contributed by atoms with Crippen molar-refractivity contribution in [1.82, 2.24) is 0 Å². The smallest absolute Gasteiger partial charge is 0.265 e. The molecular formula is C16H15BrFNO2. The molecular weight excluding hydrogens is 337 g/mol. The number of anilines is 1. The summed E-state index contributed by atoms with van der Waals surface area (Å²) in [5.74, 6) is -0.709. The quantitative estimate of drug-likeness (QED) is 0.867. The van der Waals surface area contributed by atoms with Crippen LogP contribution in [0.25, 0.3) is 0 Å². The highest BCUT2D eigenvalue weighted by molar-refractivity contribution is 9.10. The summed E-state index contributed by atoms with van der Waals surface area (Å²) in [7, 11) is 0. The highest BCUT2D eigenvalue weighted by Crippen LogP contribution is 2.20. The van der Waals surface area contributed by atoms with Crippen LogP contribution in [0.3, 0.4) is 0 Å². The third-order valence-corrected chi connectivity index (χ3v) is 3.35. The first-order chi connectivity index (χ1) is 10.1. The Bertz CT molecular complexity index is 633. The van der Waals surface area contributed by atoms with E-state index >= 15 is 0 Å². The summed E-state index contributed by atoms with van der Waals surface area (Å²) in [5, 5.41) is 2.76. The Morgan fingerprint density at radius 2 is 2.05 bits per heavy atom. The number of carbonyl (C=O) groups excluding carboxylic acids is 1. The number of carbonyl (C=O) groups is 1. The van der Waals surface area contributed by atoms with Crippen molar-refractivity contribution in [3.8, 4) is 5.75 Å². The van der Waals surface area contributed by atoms with Gasteiger partial charge in [0.05, 0.1) is 0 Å². The van der Waals surface area contributed by atoms with Crippen molar-refractivity contribution in [2.45, 2.75) is 19.4 Å². The SMILES string of the molecule is CC[C@H](Oc1ccccc1F)C(=O)Nc1cccc(Br)c1. The second kappa shape index (κ2) is 7.22. The Balaban J connectivity index is 2.07. The zero-order valence-electron chi connectivity index (χ0n) is 11.5. The molecule has 0 fully saturated rings. The topological polar surface area (TPSA) is 38.3 Å². The molecule has 0 unspecified atom stereocenters. The van der Waals surface area contributed by atoms with Gasteiger partial charge in [0, 0.05) is 10.2 Å². The highest BCUT2D eigenvalue weighted by atomic mass is 79.9. The number of ether oxygens (including phenoxy) is 1. The first kappa shape index (κ1) is 15.5. The van der Waals surface area contributed by atoms with Crippen molar-refractivity contribution in [2.24, 2.45) is 0 Å². The minimum Gasteiger partial charge on any atom is -0.478 e. The van der Waals surface area contributed by atoms with Crippen LogP contribution in [0, 0.1) is 5.82 Å². The maximum atomic E-state index is 13.6. The van der Waals surface area contributed by atoms with Crippen molar-refractivity contribution in [1.29, 1.82) is 0 Å². The maximum absolute atomic E-state index is 13.6. The first-order valence-corrected chi connectivity index (χ1v) is 7.37. The van der Waals surface area contributed by atoms with Crippen molar-refractivity contribution in [3.63, 3.8) is 0 Å². The van der Waals surface area contributed by atoms with E-state index in [0.29, 0.717) is 12.1 Å². The lowest BCUT2D eigenvalue weighted by Gasteiger charge is -2.17. The molecule has 0 bridgehead atoms. The lowest BCUT2D eigenvalue weighted by molar-refractivity contribution is -0.122. The van der Waals surface area contributed by atoms with Crippen LogP contribution in [0.2, 0.25) is 0 Å². The van der Waals surface area contributed by atoms with Crippen LogP contribution in [0.5, 0.6) is 5.75 Å². The van der Waals surface area contributed by atoms with Crippen LogP contribution in [-0.2, 0) is 4.79 Å². The Labute approximate surface area is 131 Å². The maximum Gasteiger partial charge on any atom is 0.265 e. The van der Waals surface area contributed by atoms with Crippen LogP contribution < -0.4 is 10.1 Å². The molecule has 3 nitrogen and oxygen atoms in total. The summed E-state index contributed by atoms with van der Waals surface area (Å²) in [4.78, 5) is 12.2. The van der Waals surface area contributed by atoms with Gasteiger partial charge in [0.2, 0.25) is 0 Å². The Morgan fingerprint density at radius 3 is 2.71 bits per heavy atom. The average Bonchev–Trinajstić information content (AvgIpc) is 2.46. The van der Waals surface area contributed by atoms with Gasteiger partial charge in [-0.15, -0.1) is 0 Å². The van der Waals surface area contributed by atoms with Gasteiger partial charge in [-0.2, -0.15) is 0 Å². The van der Waals surface area contributed by atoms with E-state index in [9.17, 15) is 9.18 Å².